The minimum absolute atomic E-state index is 0.0339. The number of hydrogen-bond acceptors (Lipinski definition) is 4. The molecule has 3 nitrogen and oxygen atoms in total. The molecule has 0 N–H and O–H groups in total. The van der Waals surface area contributed by atoms with E-state index in [1.807, 2.05) is 0 Å². The van der Waals surface area contributed by atoms with Gasteiger partial charge in [-0.3, -0.25) is 9.79 Å². The van der Waals surface area contributed by atoms with E-state index in [2.05, 4.69) is 9.98 Å². The van der Waals surface area contributed by atoms with E-state index in [0.717, 1.165) is 16.0 Å². The number of thioether (sulfide) groups is 2. The highest BCUT2D eigenvalue weighted by atomic mass is 32.2. The first kappa shape index (κ1) is 6.42. The molecule has 0 saturated heterocycles. The normalized spacial score (nSPS) is 23.8. The maximum absolute atomic E-state index is 10.7. The van der Waals surface area contributed by atoms with E-state index >= 15 is 0 Å². The molecule has 1 amide bonds. The molecule has 0 radical (unpaired) electrons. The molecule has 0 aliphatic carbocycles. The molecule has 0 fully saturated rings. The van der Waals surface area contributed by atoms with Gasteiger partial charge in [0.25, 0.3) is 5.91 Å². The number of hydrogen-bond donors (Lipinski definition) is 0. The van der Waals surface area contributed by atoms with Crippen molar-refractivity contribution in [3.8, 4) is 0 Å². The molecule has 0 saturated carbocycles. The summed E-state index contributed by atoms with van der Waals surface area (Å²) in [4.78, 5) is 18.7. The Morgan fingerprint density at radius 2 is 2.20 bits per heavy atom. The van der Waals surface area contributed by atoms with E-state index in [-0.39, 0.29) is 5.91 Å². The summed E-state index contributed by atoms with van der Waals surface area (Å²) in [6, 6.07) is 0. The van der Waals surface area contributed by atoms with Gasteiger partial charge in [0, 0.05) is 0 Å². The van der Waals surface area contributed by atoms with Crippen LogP contribution in [0.15, 0.2) is 9.98 Å². The maximum atomic E-state index is 10.7. The molecule has 0 aromatic rings. The van der Waals surface area contributed by atoms with Crippen LogP contribution < -0.4 is 0 Å². The fraction of sp³-hybridized carbons (Fsp3) is 0.400. The van der Waals surface area contributed by atoms with Gasteiger partial charge in [-0.25, -0.2) is 4.99 Å². The molecule has 2 rings (SSSR count). The van der Waals surface area contributed by atoms with Crippen LogP contribution in [-0.2, 0) is 4.79 Å². The van der Waals surface area contributed by atoms with Crippen molar-refractivity contribution in [1.82, 2.24) is 0 Å². The van der Waals surface area contributed by atoms with Crippen molar-refractivity contribution < 1.29 is 4.79 Å². The van der Waals surface area contributed by atoms with Gasteiger partial charge in [-0.1, -0.05) is 23.5 Å². The monoisotopic (exact) mass is 172 g/mol. The molecule has 52 valence electrons. The van der Waals surface area contributed by atoms with Crippen molar-refractivity contribution in [2.24, 2.45) is 9.98 Å². The lowest BCUT2D eigenvalue weighted by Crippen LogP contribution is -2.14. The summed E-state index contributed by atoms with van der Waals surface area (Å²) in [7, 11) is 0. The second-order valence-electron chi connectivity index (χ2n) is 1.84. The SMILES string of the molecule is O=C1CSC2=NCSC2=N1. The summed E-state index contributed by atoms with van der Waals surface area (Å²) >= 11 is 3.03. The fourth-order valence-corrected chi connectivity index (χ4v) is 2.50. The van der Waals surface area contributed by atoms with Crippen molar-refractivity contribution >= 4 is 39.5 Å². The van der Waals surface area contributed by atoms with E-state index < -0.39 is 0 Å². The van der Waals surface area contributed by atoms with Crippen LogP contribution in [0.5, 0.6) is 0 Å². The Morgan fingerprint density at radius 3 is 3.10 bits per heavy atom. The molecule has 0 atom stereocenters. The van der Waals surface area contributed by atoms with Gasteiger partial charge in [0.2, 0.25) is 0 Å². The zero-order chi connectivity index (χ0) is 6.97. The van der Waals surface area contributed by atoms with Gasteiger partial charge in [-0.05, 0) is 0 Å². The van der Waals surface area contributed by atoms with Gasteiger partial charge in [0.05, 0.1) is 11.6 Å². The Bertz CT molecular complexity index is 246. The van der Waals surface area contributed by atoms with E-state index in [9.17, 15) is 4.79 Å². The van der Waals surface area contributed by atoms with E-state index in [1.165, 1.54) is 23.5 Å². The minimum Gasteiger partial charge on any atom is -0.272 e. The third-order valence-electron chi connectivity index (χ3n) is 1.15. The number of amides is 1. The van der Waals surface area contributed by atoms with Crippen molar-refractivity contribution in [3.05, 3.63) is 0 Å². The molecule has 10 heavy (non-hydrogen) atoms. The van der Waals surface area contributed by atoms with Crippen LogP contribution in [0.1, 0.15) is 0 Å². The summed E-state index contributed by atoms with van der Waals surface area (Å²) in [6.45, 7) is 0. The van der Waals surface area contributed by atoms with Crippen LogP contribution in [0.25, 0.3) is 0 Å². The first-order chi connectivity index (χ1) is 4.86. The molecular formula is C5H4N2OS2. The van der Waals surface area contributed by atoms with Gasteiger partial charge in [0.1, 0.15) is 10.1 Å². The number of nitrogens with zero attached hydrogens (tertiary/aromatic N) is 2. The quantitative estimate of drug-likeness (QED) is 0.541. The molecule has 0 bridgehead atoms. The summed E-state index contributed by atoms with van der Waals surface area (Å²) in [6.07, 6.45) is 0. The summed E-state index contributed by atoms with van der Waals surface area (Å²) in [5.41, 5.74) is 0. The van der Waals surface area contributed by atoms with Crippen molar-refractivity contribution in [1.29, 1.82) is 0 Å². The zero-order valence-electron chi connectivity index (χ0n) is 5.03. The van der Waals surface area contributed by atoms with Gasteiger partial charge < -0.3 is 0 Å². The molecule has 2 aliphatic rings. The largest absolute Gasteiger partial charge is 0.272 e. The van der Waals surface area contributed by atoms with Crippen LogP contribution in [-0.4, -0.2) is 27.6 Å². The Kier molecular flexibility index (Phi) is 1.54. The number of carbonyl (C=O) groups is 1. The molecule has 0 unspecified atom stereocenters. The number of carbonyl (C=O) groups excluding carboxylic acids is 1. The summed E-state index contributed by atoms with van der Waals surface area (Å²) in [5, 5.41) is 1.77. The minimum atomic E-state index is -0.0339. The highest BCUT2D eigenvalue weighted by Gasteiger charge is 2.22. The Labute approximate surface area is 66.4 Å². The van der Waals surface area contributed by atoms with E-state index in [4.69, 9.17) is 0 Å². The van der Waals surface area contributed by atoms with Crippen LogP contribution in [0.4, 0.5) is 0 Å². The fourth-order valence-electron chi connectivity index (χ4n) is 0.745. The summed E-state index contributed by atoms with van der Waals surface area (Å²) < 4.78 is 0. The third-order valence-corrected chi connectivity index (χ3v) is 3.08. The van der Waals surface area contributed by atoms with Crippen LogP contribution in [0, 0.1) is 0 Å². The van der Waals surface area contributed by atoms with Crippen molar-refractivity contribution in [3.63, 3.8) is 0 Å². The van der Waals surface area contributed by atoms with Crippen molar-refractivity contribution in [2.75, 3.05) is 11.6 Å². The number of fused-ring (bicyclic) bond motifs is 1. The van der Waals surface area contributed by atoms with Crippen LogP contribution in [0.3, 0.4) is 0 Å². The first-order valence-electron chi connectivity index (χ1n) is 2.78. The lowest BCUT2D eigenvalue weighted by molar-refractivity contribution is -0.115. The number of rotatable bonds is 0. The standard InChI is InChI=1S/C5H4N2OS2/c8-3-1-9-4-5(7-3)10-2-6-4/h1-2H2. The van der Waals surface area contributed by atoms with E-state index in [0.29, 0.717) is 5.75 Å². The second-order valence-corrected chi connectivity index (χ2v) is 3.73. The maximum Gasteiger partial charge on any atom is 0.257 e. The Morgan fingerprint density at radius 1 is 1.30 bits per heavy atom. The molecule has 0 spiro atoms. The Hall–Kier alpha value is -0.290. The van der Waals surface area contributed by atoms with E-state index in [1.54, 1.807) is 0 Å². The first-order valence-corrected chi connectivity index (χ1v) is 4.75. The predicted molar refractivity (Wildman–Crippen MR) is 44.8 cm³/mol. The highest BCUT2D eigenvalue weighted by Crippen LogP contribution is 2.25. The van der Waals surface area contributed by atoms with Crippen LogP contribution >= 0.6 is 23.5 Å². The zero-order valence-corrected chi connectivity index (χ0v) is 6.67. The summed E-state index contributed by atoms with van der Waals surface area (Å²) in [5.74, 6) is 1.16. The topological polar surface area (TPSA) is 41.8 Å². The molecule has 2 aliphatic heterocycles. The Balaban J connectivity index is 2.36. The number of aliphatic imine (C=N–C) groups is 2. The molecular weight excluding hydrogens is 168 g/mol. The molecule has 0 aromatic carbocycles. The molecule has 5 heteroatoms. The van der Waals surface area contributed by atoms with Crippen molar-refractivity contribution in [2.45, 2.75) is 0 Å². The lowest BCUT2D eigenvalue weighted by Gasteiger charge is -2.04. The third kappa shape index (κ3) is 0.992. The van der Waals surface area contributed by atoms with Gasteiger partial charge >= 0.3 is 0 Å². The average Bonchev–Trinajstić information content (AvgIpc) is 2.33. The predicted octanol–water partition coefficient (Wildman–Crippen LogP) is 0.761. The van der Waals surface area contributed by atoms with Crippen LogP contribution in [0.2, 0.25) is 0 Å². The highest BCUT2D eigenvalue weighted by molar-refractivity contribution is 8.26. The lowest BCUT2D eigenvalue weighted by atomic mass is 10.7. The molecule has 2 heterocycles. The molecule has 0 aromatic heterocycles. The smallest absolute Gasteiger partial charge is 0.257 e. The van der Waals surface area contributed by atoms with Gasteiger partial charge in [-0.2, -0.15) is 0 Å². The van der Waals surface area contributed by atoms with Gasteiger partial charge in [0.15, 0.2) is 0 Å². The second kappa shape index (κ2) is 2.39. The average molecular weight is 172 g/mol. The van der Waals surface area contributed by atoms with Gasteiger partial charge in [-0.15, -0.1) is 0 Å².